The zero-order chi connectivity index (χ0) is 25.1. The second-order valence-electron chi connectivity index (χ2n) is 9.80. The quantitative estimate of drug-likeness (QED) is 0.606. The Morgan fingerprint density at radius 1 is 1.17 bits per heavy atom. The predicted molar refractivity (Wildman–Crippen MR) is 134 cm³/mol. The van der Waals surface area contributed by atoms with Crippen molar-refractivity contribution in [2.45, 2.75) is 61.0 Å². The molecule has 1 amide bonds. The van der Waals surface area contributed by atoms with Gasteiger partial charge in [0.15, 0.2) is 9.84 Å². The lowest BCUT2D eigenvalue weighted by atomic mass is 9.70. The van der Waals surface area contributed by atoms with Crippen molar-refractivity contribution in [1.82, 2.24) is 10.6 Å². The Morgan fingerprint density at radius 3 is 2.54 bits per heavy atom. The number of halogens is 1. The van der Waals surface area contributed by atoms with E-state index in [0.717, 1.165) is 24.0 Å². The summed E-state index contributed by atoms with van der Waals surface area (Å²) in [6.07, 6.45) is 2.54. The number of amides is 1. The van der Waals surface area contributed by atoms with Crippen LogP contribution in [0.4, 0.5) is 4.39 Å². The summed E-state index contributed by atoms with van der Waals surface area (Å²) in [5.41, 5.74) is 1.68. The molecule has 190 valence electrons. The van der Waals surface area contributed by atoms with E-state index < -0.39 is 26.2 Å². The molecule has 2 aromatic rings. The predicted octanol–water partition coefficient (Wildman–Crippen LogP) is 3.46. The number of sulfone groups is 1. The number of ether oxygens (including phenoxy) is 1. The van der Waals surface area contributed by atoms with Crippen LogP contribution in [0, 0.1) is 5.82 Å². The topological polar surface area (TPSA) is 84.5 Å². The molecule has 0 radical (unpaired) electrons. The minimum atomic E-state index is -3.54. The average molecular weight is 503 g/mol. The number of benzene rings is 2. The average Bonchev–Trinajstić information content (AvgIpc) is 2.86. The molecule has 2 saturated heterocycles. The van der Waals surface area contributed by atoms with Gasteiger partial charge >= 0.3 is 0 Å². The van der Waals surface area contributed by atoms with Crippen molar-refractivity contribution in [2.24, 2.45) is 0 Å². The molecule has 0 aromatic heterocycles. The Hall–Kier alpha value is -2.29. The number of rotatable bonds is 7. The first-order valence-corrected chi connectivity index (χ1v) is 14.0. The van der Waals surface area contributed by atoms with E-state index in [-0.39, 0.29) is 23.8 Å². The fourth-order valence-electron chi connectivity index (χ4n) is 5.49. The molecule has 0 bridgehead atoms. The van der Waals surface area contributed by atoms with Gasteiger partial charge < -0.3 is 15.4 Å². The van der Waals surface area contributed by atoms with Gasteiger partial charge in [-0.05, 0) is 55.4 Å². The molecule has 8 heteroatoms. The summed E-state index contributed by atoms with van der Waals surface area (Å²) in [6, 6.07) is 14.1. The van der Waals surface area contributed by atoms with Gasteiger partial charge in [0, 0.05) is 44.7 Å². The van der Waals surface area contributed by atoms with Crippen LogP contribution in [0.5, 0.6) is 0 Å². The van der Waals surface area contributed by atoms with E-state index in [1.54, 1.807) is 19.2 Å². The molecule has 0 spiro atoms. The van der Waals surface area contributed by atoms with Gasteiger partial charge in [0.25, 0.3) is 0 Å². The minimum absolute atomic E-state index is 0.0371. The largest absolute Gasteiger partial charge is 0.381 e. The molecule has 3 atom stereocenters. The van der Waals surface area contributed by atoms with Crippen molar-refractivity contribution >= 4 is 15.7 Å². The zero-order valence-corrected chi connectivity index (χ0v) is 21.2. The maximum Gasteiger partial charge on any atom is 0.219 e. The van der Waals surface area contributed by atoms with E-state index >= 15 is 4.39 Å². The van der Waals surface area contributed by atoms with Gasteiger partial charge in [-0.1, -0.05) is 42.5 Å². The zero-order valence-electron chi connectivity index (χ0n) is 20.4. The van der Waals surface area contributed by atoms with Crippen molar-refractivity contribution in [3.63, 3.8) is 0 Å². The fourth-order valence-corrected chi connectivity index (χ4v) is 7.85. The number of carbonyl (C=O) groups excluding carboxylic acids is 1. The van der Waals surface area contributed by atoms with Crippen molar-refractivity contribution in [3.8, 4) is 0 Å². The van der Waals surface area contributed by atoms with Crippen LogP contribution >= 0.6 is 0 Å². The highest BCUT2D eigenvalue weighted by atomic mass is 32.2. The van der Waals surface area contributed by atoms with E-state index in [1.165, 1.54) is 0 Å². The van der Waals surface area contributed by atoms with Crippen LogP contribution in [-0.4, -0.2) is 52.4 Å². The lowest BCUT2D eigenvalue weighted by molar-refractivity contribution is -0.121. The van der Waals surface area contributed by atoms with Crippen molar-refractivity contribution in [2.75, 3.05) is 26.8 Å². The van der Waals surface area contributed by atoms with E-state index in [1.807, 2.05) is 43.3 Å². The summed E-state index contributed by atoms with van der Waals surface area (Å²) >= 11 is 0. The second-order valence-corrected chi connectivity index (χ2v) is 12.2. The third-order valence-corrected chi connectivity index (χ3v) is 10.5. The molecule has 2 fully saturated rings. The molecule has 2 aromatic carbocycles. The van der Waals surface area contributed by atoms with Crippen LogP contribution < -0.4 is 10.6 Å². The molecular formula is C27H35FN2O4S. The molecule has 0 aliphatic carbocycles. The van der Waals surface area contributed by atoms with Gasteiger partial charge in [-0.15, -0.1) is 0 Å². The van der Waals surface area contributed by atoms with Crippen LogP contribution in [0.2, 0.25) is 0 Å². The Bertz CT molecular complexity index is 1130. The Labute approximate surface area is 207 Å². The summed E-state index contributed by atoms with van der Waals surface area (Å²) in [5.74, 6) is -0.428. The Kier molecular flexibility index (Phi) is 7.93. The highest BCUT2D eigenvalue weighted by Crippen LogP contribution is 2.40. The van der Waals surface area contributed by atoms with Crippen LogP contribution in [0.15, 0.2) is 48.5 Å². The monoisotopic (exact) mass is 502 g/mol. The third kappa shape index (κ3) is 5.44. The summed E-state index contributed by atoms with van der Waals surface area (Å²) in [5, 5.41) is 4.60. The normalized spacial score (nSPS) is 25.6. The lowest BCUT2D eigenvalue weighted by Gasteiger charge is -2.38. The fraction of sp³-hybridized carbons (Fsp3) is 0.519. The van der Waals surface area contributed by atoms with Gasteiger partial charge in [0.1, 0.15) is 5.82 Å². The first kappa shape index (κ1) is 25.8. The van der Waals surface area contributed by atoms with Gasteiger partial charge in [-0.3, -0.25) is 4.79 Å². The van der Waals surface area contributed by atoms with E-state index in [9.17, 15) is 13.2 Å². The first-order valence-electron chi connectivity index (χ1n) is 12.3. The lowest BCUT2D eigenvalue weighted by Crippen LogP contribution is -2.53. The van der Waals surface area contributed by atoms with Crippen molar-refractivity contribution < 1.29 is 22.3 Å². The number of hydrogen-bond donors (Lipinski definition) is 2. The molecule has 2 aliphatic rings. The van der Waals surface area contributed by atoms with E-state index in [4.69, 9.17) is 4.74 Å². The Morgan fingerprint density at radius 2 is 1.89 bits per heavy atom. The smallest absolute Gasteiger partial charge is 0.219 e. The SMILES string of the molecule is CNC(=O)CCC1(c2ccc(CC3[C@H](C)NC[C@@H](c4ccccc4)S3(=O)=O)c(F)c2)CCOCC1. The molecule has 0 saturated carbocycles. The van der Waals surface area contributed by atoms with Crippen molar-refractivity contribution in [3.05, 3.63) is 71.0 Å². The van der Waals surface area contributed by atoms with Gasteiger partial charge in [0.05, 0.1) is 10.5 Å². The highest BCUT2D eigenvalue weighted by molar-refractivity contribution is 7.92. The molecule has 2 N–H and O–H groups in total. The van der Waals surface area contributed by atoms with Crippen LogP contribution in [0.3, 0.4) is 0 Å². The molecule has 35 heavy (non-hydrogen) atoms. The maximum absolute atomic E-state index is 15.5. The summed E-state index contributed by atoms with van der Waals surface area (Å²) in [4.78, 5) is 11.9. The summed E-state index contributed by atoms with van der Waals surface area (Å²) in [6.45, 7) is 3.34. The van der Waals surface area contributed by atoms with E-state index in [0.29, 0.717) is 38.2 Å². The molecule has 2 heterocycles. The summed E-state index contributed by atoms with van der Waals surface area (Å²) in [7, 11) is -1.92. The number of hydrogen-bond acceptors (Lipinski definition) is 5. The number of carbonyl (C=O) groups is 1. The second kappa shape index (κ2) is 10.8. The molecule has 1 unspecified atom stereocenters. The van der Waals surface area contributed by atoms with Gasteiger partial charge in [-0.25, -0.2) is 12.8 Å². The standard InChI is InChI=1S/C27H35FN2O4S/c1-19-24(35(32,33)25(18-30-19)20-6-4-3-5-7-20)16-21-8-9-22(17-23(21)28)27(11-10-26(31)29-2)12-14-34-15-13-27/h3-9,17,19,24-25,30H,10-16,18H2,1-2H3,(H,29,31)/t19-,24?,25-/m0/s1. The van der Waals surface area contributed by atoms with Crippen molar-refractivity contribution in [1.29, 1.82) is 0 Å². The first-order chi connectivity index (χ1) is 16.8. The highest BCUT2D eigenvalue weighted by Gasteiger charge is 2.43. The van der Waals surface area contributed by atoms with E-state index in [2.05, 4.69) is 10.6 Å². The maximum atomic E-state index is 15.5. The molecule has 4 rings (SSSR count). The Balaban J connectivity index is 1.58. The van der Waals surface area contributed by atoms with Crippen LogP contribution in [0.25, 0.3) is 0 Å². The van der Waals surface area contributed by atoms with Crippen LogP contribution in [-0.2, 0) is 31.2 Å². The van der Waals surface area contributed by atoms with Crippen LogP contribution in [0.1, 0.15) is 54.5 Å². The number of nitrogens with one attached hydrogen (secondary N) is 2. The molecule has 6 nitrogen and oxygen atoms in total. The van der Waals surface area contributed by atoms with Gasteiger partial charge in [0.2, 0.25) is 5.91 Å². The van der Waals surface area contributed by atoms with Gasteiger partial charge in [-0.2, -0.15) is 0 Å². The third-order valence-electron chi connectivity index (χ3n) is 7.82. The minimum Gasteiger partial charge on any atom is -0.381 e. The summed E-state index contributed by atoms with van der Waals surface area (Å²) < 4.78 is 48.2. The molecule has 2 aliphatic heterocycles. The molecular weight excluding hydrogens is 467 g/mol.